The van der Waals surface area contributed by atoms with Gasteiger partial charge in [0.05, 0.1) is 5.69 Å². The quantitative estimate of drug-likeness (QED) is 0.719. The number of carbonyl (C=O) groups is 2. The standard InChI is InChI=1S/C22H21FN4O2/c1-12-7-9-14(10-8-12)21(28)24-19-18(15-5-4-6-16(23)11-15)17-13(2)26-27(3)20(17)25-22(19)29/h4-11,18-19H,1-3H3,(H,24,28)(H,25,29)/t18-,19-/m1/s1. The highest BCUT2D eigenvalue weighted by atomic mass is 19.1. The van der Waals surface area contributed by atoms with Crippen LogP contribution in [0.25, 0.3) is 0 Å². The molecule has 2 heterocycles. The zero-order valence-electron chi connectivity index (χ0n) is 16.4. The van der Waals surface area contributed by atoms with Gasteiger partial charge in [-0.1, -0.05) is 29.8 Å². The first-order valence-corrected chi connectivity index (χ1v) is 9.32. The van der Waals surface area contributed by atoms with Gasteiger partial charge in [0.15, 0.2) is 0 Å². The molecule has 2 amide bonds. The molecule has 1 aliphatic heterocycles. The monoisotopic (exact) mass is 392 g/mol. The average Bonchev–Trinajstić information content (AvgIpc) is 2.96. The van der Waals surface area contributed by atoms with E-state index in [-0.39, 0.29) is 11.8 Å². The fourth-order valence-corrected chi connectivity index (χ4v) is 3.85. The van der Waals surface area contributed by atoms with Crippen molar-refractivity contribution in [1.82, 2.24) is 15.1 Å². The van der Waals surface area contributed by atoms with Gasteiger partial charge in [-0.2, -0.15) is 5.10 Å². The summed E-state index contributed by atoms with van der Waals surface area (Å²) in [4.78, 5) is 25.8. The number of halogens is 1. The molecule has 0 fully saturated rings. The van der Waals surface area contributed by atoms with E-state index < -0.39 is 17.8 Å². The smallest absolute Gasteiger partial charge is 0.251 e. The highest BCUT2D eigenvalue weighted by Crippen LogP contribution is 2.39. The Bertz CT molecular complexity index is 1100. The molecule has 0 unspecified atom stereocenters. The third-order valence-electron chi connectivity index (χ3n) is 5.25. The molecular formula is C22H21FN4O2. The van der Waals surface area contributed by atoms with Crippen LogP contribution in [0.3, 0.4) is 0 Å². The molecule has 0 saturated heterocycles. The van der Waals surface area contributed by atoms with Gasteiger partial charge in [-0.15, -0.1) is 0 Å². The second-order valence-corrected chi connectivity index (χ2v) is 7.31. The van der Waals surface area contributed by atoms with Gasteiger partial charge >= 0.3 is 0 Å². The average molecular weight is 392 g/mol. The summed E-state index contributed by atoms with van der Waals surface area (Å²) in [5.41, 5.74) is 3.57. The summed E-state index contributed by atoms with van der Waals surface area (Å²) in [6, 6.07) is 12.3. The summed E-state index contributed by atoms with van der Waals surface area (Å²) in [6.07, 6.45) is 0. The normalized spacial score (nSPS) is 18.1. The summed E-state index contributed by atoms with van der Waals surface area (Å²) in [6.45, 7) is 3.77. The van der Waals surface area contributed by atoms with Crippen molar-refractivity contribution in [3.63, 3.8) is 0 Å². The molecule has 148 valence electrons. The molecule has 0 spiro atoms. The number of nitrogens with one attached hydrogen (secondary N) is 2. The van der Waals surface area contributed by atoms with Crippen molar-refractivity contribution in [2.45, 2.75) is 25.8 Å². The van der Waals surface area contributed by atoms with Crippen molar-refractivity contribution in [1.29, 1.82) is 0 Å². The zero-order chi connectivity index (χ0) is 20.7. The number of rotatable bonds is 3. The van der Waals surface area contributed by atoms with E-state index in [9.17, 15) is 14.0 Å². The Kier molecular flexibility index (Phi) is 4.66. The van der Waals surface area contributed by atoms with Crippen molar-refractivity contribution >= 4 is 17.6 Å². The third kappa shape index (κ3) is 3.40. The van der Waals surface area contributed by atoms with E-state index in [1.54, 1.807) is 36.0 Å². The lowest BCUT2D eigenvalue weighted by atomic mass is 9.82. The highest BCUT2D eigenvalue weighted by Gasteiger charge is 2.41. The van der Waals surface area contributed by atoms with E-state index in [2.05, 4.69) is 15.7 Å². The number of fused-ring (bicyclic) bond motifs is 1. The van der Waals surface area contributed by atoms with Crippen LogP contribution in [0.1, 0.15) is 38.7 Å². The van der Waals surface area contributed by atoms with Gasteiger partial charge in [-0.3, -0.25) is 14.3 Å². The first-order valence-electron chi connectivity index (χ1n) is 9.32. The van der Waals surface area contributed by atoms with Gasteiger partial charge in [-0.25, -0.2) is 4.39 Å². The number of hydrogen-bond acceptors (Lipinski definition) is 3. The Morgan fingerprint density at radius 3 is 2.59 bits per heavy atom. The van der Waals surface area contributed by atoms with Crippen LogP contribution >= 0.6 is 0 Å². The largest absolute Gasteiger partial charge is 0.339 e. The third-order valence-corrected chi connectivity index (χ3v) is 5.25. The molecule has 6 nitrogen and oxygen atoms in total. The van der Waals surface area contributed by atoms with E-state index in [0.29, 0.717) is 22.6 Å². The molecule has 0 bridgehead atoms. The predicted octanol–water partition coefficient (Wildman–Crippen LogP) is 3.06. The Hall–Kier alpha value is -3.48. The number of hydrogen-bond donors (Lipinski definition) is 2. The van der Waals surface area contributed by atoms with Crippen molar-refractivity contribution in [2.24, 2.45) is 7.05 Å². The maximum absolute atomic E-state index is 14.0. The minimum atomic E-state index is -0.902. The molecule has 4 rings (SSSR count). The number of aromatic nitrogens is 2. The summed E-state index contributed by atoms with van der Waals surface area (Å²) < 4.78 is 15.6. The minimum Gasteiger partial charge on any atom is -0.339 e. The molecule has 2 N–H and O–H groups in total. The van der Waals surface area contributed by atoms with Crippen LogP contribution in [0.5, 0.6) is 0 Å². The lowest BCUT2D eigenvalue weighted by Crippen LogP contribution is -2.50. The Morgan fingerprint density at radius 2 is 1.90 bits per heavy atom. The van der Waals surface area contributed by atoms with Crippen LogP contribution in [-0.2, 0) is 11.8 Å². The van der Waals surface area contributed by atoms with E-state index in [1.807, 2.05) is 26.0 Å². The molecule has 2 aromatic carbocycles. The van der Waals surface area contributed by atoms with Gasteiger partial charge in [0.2, 0.25) is 5.91 Å². The van der Waals surface area contributed by atoms with Crippen LogP contribution in [0.2, 0.25) is 0 Å². The fraction of sp³-hybridized carbons (Fsp3) is 0.227. The highest BCUT2D eigenvalue weighted by molar-refractivity contribution is 6.03. The molecular weight excluding hydrogens is 371 g/mol. The summed E-state index contributed by atoms with van der Waals surface area (Å²) in [7, 11) is 1.74. The van der Waals surface area contributed by atoms with Crippen molar-refractivity contribution in [3.05, 3.63) is 82.3 Å². The van der Waals surface area contributed by atoms with Gasteiger partial charge in [0.25, 0.3) is 5.91 Å². The van der Waals surface area contributed by atoms with E-state index in [4.69, 9.17) is 0 Å². The Morgan fingerprint density at radius 1 is 1.17 bits per heavy atom. The predicted molar refractivity (Wildman–Crippen MR) is 107 cm³/mol. The van der Waals surface area contributed by atoms with Crippen molar-refractivity contribution < 1.29 is 14.0 Å². The van der Waals surface area contributed by atoms with Crippen molar-refractivity contribution in [2.75, 3.05) is 5.32 Å². The van der Waals surface area contributed by atoms with E-state index >= 15 is 0 Å². The zero-order valence-corrected chi connectivity index (χ0v) is 16.4. The number of nitrogens with zero attached hydrogens (tertiary/aromatic N) is 2. The molecule has 7 heteroatoms. The molecule has 0 radical (unpaired) electrons. The number of amides is 2. The number of anilines is 1. The topological polar surface area (TPSA) is 76.0 Å². The van der Waals surface area contributed by atoms with Crippen LogP contribution in [0.4, 0.5) is 10.2 Å². The molecule has 3 aromatic rings. The van der Waals surface area contributed by atoms with Gasteiger partial charge in [-0.05, 0) is 43.7 Å². The maximum Gasteiger partial charge on any atom is 0.251 e. The number of carbonyl (C=O) groups excluding carboxylic acids is 2. The first kappa shape index (κ1) is 18.9. The van der Waals surface area contributed by atoms with Crippen LogP contribution in [-0.4, -0.2) is 27.6 Å². The minimum absolute atomic E-state index is 0.364. The fourth-order valence-electron chi connectivity index (χ4n) is 3.85. The van der Waals surface area contributed by atoms with Crippen LogP contribution < -0.4 is 10.6 Å². The number of aryl methyl sites for hydroxylation is 3. The first-order chi connectivity index (χ1) is 13.8. The molecule has 0 aliphatic carbocycles. The van der Waals surface area contributed by atoms with E-state index in [0.717, 1.165) is 11.1 Å². The number of benzene rings is 2. The molecule has 29 heavy (non-hydrogen) atoms. The summed E-state index contributed by atoms with van der Waals surface area (Å²) in [5, 5.41) is 10.1. The SMILES string of the molecule is Cc1ccc(C(=O)N[C@H]2C(=O)Nc3c(c(C)nn3C)[C@H]2c2cccc(F)c2)cc1. The lowest BCUT2D eigenvalue weighted by Gasteiger charge is -2.32. The Labute approximate surface area is 167 Å². The molecule has 0 saturated carbocycles. The van der Waals surface area contributed by atoms with Gasteiger partial charge in [0.1, 0.15) is 17.7 Å². The second kappa shape index (κ2) is 7.16. The summed E-state index contributed by atoms with van der Waals surface area (Å²) >= 11 is 0. The van der Waals surface area contributed by atoms with E-state index in [1.165, 1.54) is 12.1 Å². The summed E-state index contributed by atoms with van der Waals surface area (Å²) in [5.74, 6) is -1.13. The van der Waals surface area contributed by atoms with Crippen molar-refractivity contribution in [3.8, 4) is 0 Å². The molecule has 1 aromatic heterocycles. The van der Waals surface area contributed by atoms with Crippen LogP contribution in [0.15, 0.2) is 48.5 Å². The van der Waals surface area contributed by atoms with Gasteiger partial charge in [0, 0.05) is 24.1 Å². The van der Waals surface area contributed by atoms with Crippen LogP contribution in [0, 0.1) is 19.7 Å². The van der Waals surface area contributed by atoms with Gasteiger partial charge < -0.3 is 10.6 Å². The maximum atomic E-state index is 14.0. The lowest BCUT2D eigenvalue weighted by molar-refractivity contribution is -0.118. The Balaban J connectivity index is 1.78. The molecule has 2 atom stereocenters. The molecule has 1 aliphatic rings. The second-order valence-electron chi connectivity index (χ2n) is 7.31.